The molecule has 0 aromatic heterocycles. The Bertz CT molecular complexity index is 337. The summed E-state index contributed by atoms with van der Waals surface area (Å²) in [5.41, 5.74) is -0.0178. The van der Waals surface area contributed by atoms with Crippen LogP contribution in [0.1, 0.15) is 6.92 Å². The molecule has 0 spiro atoms. The Morgan fingerprint density at radius 3 is 2.00 bits per heavy atom. The number of rotatable bonds is 5. The molecule has 94 valence electrons. The standard InChI is InChI=1S/C9H12O3.C3H4O2/c1-2-3-4-5-6-8(7-10)9(11)12;1-2-3(4)5/h2-6,10H,7H2,1H3,(H,11,12);2H,1H2,(H,4,5). The van der Waals surface area contributed by atoms with Gasteiger partial charge < -0.3 is 15.3 Å². The maximum Gasteiger partial charge on any atom is 0.333 e. The van der Waals surface area contributed by atoms with Crippen molar-refractivity contribution in [1.29, 1.82) is 0 Å². The lowest BCUT2D eigenvalue weighted by Crippen LogP contribution is -2.03. The van der Waals surface area contributed by atoms with Crippen LogP contribution in [0, 0.1) is 0 Å². The van der Waals surface area contributed by atoms with Crippen LogP contribution in [-0.2, 0) is 9.59 Å². The monoisotopic (exact) mass is 240 g/mol. The first-order chi connectivity index (χ1) is 7.99. The lowest BCUT2D eigenvalue weighted by molar-refractivity contribution is -0.133. The van der Waals surface area contributed by atoms with E-state index < -0.39 is 18.5 Å². The summed E-state index contributed by atoms with van der Waals surface area (Å²) >= 11 is 0. The number of aliphatic carboxylic acids is 2. The summed E-state index contributed by atoms with van der Waals surface area (Å²) < 4.78 is 0. The fourth-order valence-electron chi connectivity index (χ4n) is 0.539. The lowest BCUT2D eigenvalue weighted by atomic mass is 10.2. The largest absolute Gasteiger partial charge is 0.478 e. The van der Waals surface area contributed by atoms with Gasteiger partial charge in [0.25, 0.3) is 0 Å². The average Bonchev–Trinajstić information content (AvgIpc) is 2.29. The molecule has 0 atom stereocenters. The van der Waals surface area contributed by atoms with Crippen LogP contribution < -0.4 is 0 Å². The van der Waals surface area contributed by atoms with Gasteiger partial charge in [-0.05, 0) is 13.0 Å². The van der Waals surface area contributed by atoms with Crippen molar-refractivity contribution in [1.82, 2.24) is 0 Å². The first-order valence-electron chi connectivity index (χ1n) is 4.67. The van der Waals surface area contributed by atoms with Crippen molar-refractivity contribution in [2.75, 3.05) is 6.61 Å². The molecule has 0 saturated carbocycles. The Kier molecular flexibility index (Phi) is 12.1. The Morgan fingerprint density at radius 1 is 1.18 bits per heavy atom. The Balaban J connectivity index is 0. The first kappa shape index (κ1) is 17.3. The lowest BCUT2D eigenvalue weighted by Gasteiger charge is -1.91. The summed E-state index contributed by atoms with van der Waals surface area (Å²) in [7, 11) is 0. The van der Waals surface area contributed by atoms with E-state index in [-0.39, 0.29) is 5.57 Å². The molecular formula is C12H16O5. The van der Waals surface area contributed by atoms with E-state index >= 15 is 0 Å². The number of aliphatic hydroxyl groups excluding tert-OH is 1. The minimum absolute atomic E-state index is 0.0178. The molecule has 0 heterocycles. The highest BCUT2D eigenvalue weighted by Crippen LogP contribution is 1.93. The topological polar surface area (TPSA) is 94.8 Å². The summed E-state index contributed by atoms with van der Waals surface area (Å²) in [6.07, 6.45) is 9.05. The quantitative estimate of drug-likeness (QED) is 0.498. The van der Waals surface area contributed by atoms with Gasteiger partial charge in [-0.15, -0.1) is 0 Å². The zero-order valence-electron chi connectivity index (χ0n) is 9.54. The van der Waals surface area contributed by atoms with E-state index in [2.05, 4.69) is 6.58 Å². The minimum atomic E-state index is -1.09. The van der Waals surface area contributed by atoms with Gasteiger partial charge in [0.1, 0.15) is 0 Å². The highest BCUT2D eigenvalue weighted by Gasteiger charge is 2.01. The number of hydrogen-bond acceptors (Lipinski definition) is 3. The Morgan fingerprint density at radius 2 is 1.71 bits per heavy atom. The van der Waals surface area contributed by atoms with E-state index in [1.807, 2.05) is 13.0 Å². The fourth-order valence-corrected chi connectivity index (χ4v) is 0.539. The van der Waals surface area contributed by atoms with Crippen molar-refractivity contribution in [3.8, 4) is 0 Å². The van der Waals surface area contributed by atoms with Crippen molar-refractivity contribution in [3.05, 3.63) is 48.6 Å². The third-order valence-corrected chi connectivity index (χ3v) is 1.33. The van der Waals surface area contributed by atoms with Crippen LogP contribution in [0.2, 0.25) is 0 Å². The maximum absolute atomic E-state index is 10.3. The molecule has 0 unspecified atom stereocenters. The van der Waals surface area contributed by atoms with Crippen molar-refractivity contribution >= 4 is 11.9 Å². The Labute approximate surface area is 99.7 Å². The van der Waals surface area contributed by atoms with Gasteiger partial charge in [-0.2, -0.15) is 0 Å². The number of carboxylic acids is 2. The summed E-state index contributed by atoms with van der Waals surface area (Å²) in [4.78, 5) is 19.6. The van der Waals surface area contributed by atoms with E-state index in [1.54, 1.807) is 18.2 Å². The summed E-state index contributed by atoms with van der Waals surface area (Å²) in [5.74, 6) is -2.08. The van der Waals surface area contributed by atoms with E-state index in [0.29, 0.717) is 0 Å². The average molecular weight is 240 g/mol. The molecule has 0 fully saturated rings. The van der Waals surface area contributed by atoms with Gasteiger partial charge in [-0.25, -0.2) is 9.59 Å². The molecule has 0 aromatic rings. The van der Waals surface area contributed by atoms with Crippen LogP contribution in [0.15, 0.2) is 48.6 Å². The maximum atomic E-state index is 10.3. The van der Waals surface area contributed by atoms with Crippen LogP contribution in [0.5, 0.6) is 0 Å². The van der Waals surface area contributed by atoms with E-state index in [9.17, 15) is 9.59 Å². The molecule has 5 nitrogen and oxygen atoms in total. The second-order valence-electron chi connectivity index (χ2n) is 2.61. The number of hydrogen-bond donors (Lipinski definition) is 3. The first-order valence-corrected chi connectivity index (χ1v) is 4.67. The predicted molar refractivity (Wildman–Crippen MR) is 64.6 cm³/mol. The van der Waals surface area contributed by atoms with Gasteiger partial charge in [0.2, 0.25) is 0 Å². The van der Waals surface area contributed by atoms with Crippen LogP contribution in [-0.4, -0.2) is 33.9 Å². The van der Waals surface area contributed by atoms with Crippen molar-refractivity contribution in [2.45, 2.75) is 6.92 Å². The molecule has 5 heteroatoms. The molecule has 3 N–H and O–H groups in total. The van der Waals surface area contributed by atoms with Gasteiger partial charge in [0.05, 0.1) is 12.2 Å². The molecular weight excluding hydrogens is 224 g/mol. The number of allylic oxidation sites excluding steroid dienone is 5. The molecule has 0 aliphatic carbocycles. The molecule has 0 aliphatic heterocycles. The molecule has 0 bridgehead atoms. The van der Waals surface area contributed by atoms with Gasteiger partial charge >= 0.3 is 11.9 Å². The number of carboxylic acid groups (broad SMARTS) is 2. The highest BCUT2D eigenvalue weighted by atomic mass is 16.4. The zero-order chi connectivity index (χ0) is 13.7. The third-order valence-electron chi connectivity index (χ3n) is 1.33. The molecule has 0 rings (SSSR count). The zero-order valence-corrected chi connectivity index (χ0v) is 9.54. The fraction of sp³-hybridized carbons (Fsp3) is 0.167. The van der Waals surface area contributed by atoms with Crippen LogP contribution in [0.3, 0.4) is 0 Å². The molecule has 0 saturated heterocycles. The highest BCUT2D eigenvalue weighted by molar-refractivity contribution is 5.87. The minimum Gasteiger partial charge on any atom is -0.478 e. The number of carbonyl (C=O) groups is 2. The van der Waals surface area contributed by atoms with Gasteiger partial charge in [-0.1, -0.05) is 30.9 Å². The SMILES string of the molecule is C=CC(=O)O.CC=CC=CC=C(CO)C(=O)O. The van der Waals surface area contributed by atoms with E-state index in [4.69, 9.17) is 15.3 Å². The summed E-state index contributed by atoms with van der Waals surface area (Å²) in [6, 6.07) is 0. The second-order valence-corrected chi connectivity index (χ2v) is 2.61. The van der Waals surface area contributed by atoms with Gasteiger partial charge in [-0.3, -0.25) is 0 Å². The van der Waals surface area contributed by atoms with Crippen molar-refractivity contribution in [2.24, 2.45) is 0 Å². The molecule has 0 amide bonds. The Hall–Kier alpha value is -2.14. The molecule has 0 radical (unpaired) electrons. The van der Waals surface area contributed by atoms with E-state index in [0.717, 1.165) is 6.08 Å². The second kappa shape index (κ2) is 11.9. The molecule has 17 heavy (non-hydrogen) atoms. The molecule has 0 aromatic carbocycles. The van der Waals surface area contributed by atoms with Crippen molar-refractivity contribution < 1.29 is 24.9 Å². The van der Waals surface area contributed by atoms with Crippen LogP contribution >= 0.6 is 0 Å². The van der Waals surface area contributed by atoms with Crippen molar-refractivity contribution in [3.63, 3.8) is 0 Å². The van der Waals surface area contributed by atoms with Gasteiger partial charge in [0.15, 0.2) is 0 Å². The van der Waals surface area contributed by atoms with Gasteiger partial charge in [0, 0.05) is 6.08 Å². The van der Waals surface area contributed by atoms with Crippen LogP contribution in [0.25, 0.3) is 0 Å². The van der Waals surface area contributed by atoms with Crippen LogP contribution in [0.4, 0.5) is 0 Å². The predicted octanol–water partition coefficient (Wildman–Crippen LogP) is 1.38. The normalized spacial score (nSPS) is 11.1. The number of aliphatic hydroxyl groups is 1. The van der Waals surface area contributed by atoms with E-state index in [1.165, 1.54) is 6.08 Å². The summed E-state index contributed by atoms with van der Waals surface area (Å²) in [5, 5.41) is 24.6. The third kappa shape index (κ3) is 13.9. The summed E-state index contributed by atoms with van der Waals surface area (Å²) in [6.45, 7) is 4.37. The smallest absolute Gasteiger partial charge is 0.333 e. The molecule has 0 aliphatic rings.